The Morgan fingerprint density at radius 2 is 1.96 bits per heavy atom. The zero-order valence-electron chi connectivity index (χ0n) is 12.5. The average Bonchev–Trinajstić information content (AvgIpc) is 2.93. The van der Waals surface area contributed by atoms with Gasteiger partial charge in [0.25, 0.3) is 5.91 Å². The third kappa shape index (κ3) is 3.33. The van der Waals surface area contributed by atoms with Crippen molar-refractivity contribution in [1.82, 2.24) is 4.90 Å². The van der Waals surface area contributed by atoms with Crippen molar-refractivity contribution in [3.8, 4) is 0 Å². The Morgan fingerprint density at radius 3 is 2.61 bits per heavy atom. The van der Waals surface area contributed by atoms with E-state index in [0.29, 0.717) is 19.7 Å². The average molecular weight is 348 g/mol. The van der Waals surface area contributed by atoms with E-state index >= 15 is 0 Å². The first-order chi connectivity index (χ1) is 10.8. The number of carbonyl (C=O) groups is 1. The molecule has 126 valence electrons. The molecule has 1 aliphatic carbocycles. The second-order valence-electron chi connectivity index (χ2n) is 6.16. The van der Waals surface area contributed by atoms with Gasteiger partial charge in [0.15, 0.2) is 0 Å². The Morgan fingerprint density at radius 1 is 1.26 bits per heavy atom. The number of halogens is 4. The Kier molecular flexibility index (Phi) is 4.31. The third-order valence-corrected chi connectivity index (χ3v) is 4.90. The van der Waals surface area contributed by atoms with Crippen LogP contribution in [-0.2, 0) is 10.9 Å². The van der Waals surface area contributed by atoms with Crippen molar-refractivity contribution in [3.05, 3.63) is 34.3 Å². The summed E-state index contributed by atoms with van der Waals surface area (Å²) >= 11 is 5.97. The molecule has 0 radical (unpaired) electrons. The summed E-state index contributed by atoms with van der Waals surface area (Å²) in [5.74, 6) is -0.462. The quantitative estimate of drug-likeness (QED) is 0.764. The SMILES string of the molecule is O=C(c1cc(C(F)(F)F)ccc1Cl)N1CCOC2(CCCC2)C1. The normalized spacial score (nSPS) is 21.0. The molecule has 1 aromatic rings. The fourth-order valence-electron chi connectivity index (χ4n) is 3.38. The topological polar surface area (TPSA) is 29.5 Å². The number of nitrogens with zero attached hydrogens (tertiary/aromatic N) is 1. The molecule has 1 heterocycles. The van der Waals surface area contributed by atoms with Crippen LogP contribution < -0.4 is 0 Å². The number of amides is 1. The molecule has 0 aromatic heterocycles. The zero-order valence-corrected chi connectivity index (χ0v) is 13.2. The number of carbonyl (C=O) groups excluding carboxylic acids is 1. The second kappa shape index (κ2) is 5.98. The highest BCUT2D eigenvalue weighted by molar-refractivity contribution is 6.33. The van der Waals surface area contributed by atoms with Crippen molar-refractivity contribution in [1.29, 1.82) is 0 Å². The maximum Gasteiger partial charge on any atom is 0.416 e. The summed E-state index contributed by atoms with van der Waals surface area (Å²) in [5, 5.41) is 0.0370. The molecule has 3 nitrogen and oxygen atoms in total. The number of hydrogen-bond acceptors (Lipinski definition) is 2. The van der Waals surface area contributed by atoms with Gasteiger partial charge in [-0.1, -0.05) is 24.4 Å². The Hall–Kier alpha value is -1.27. The molecule has 7 heteroatoms. The highest BCUT2D eigenvalue weighted by atomic mass is 35.5. The predicted molar refractivity (Wildman–Crippen MR) is 79.5 cm³/mol. The molecule has 1 aliphatic heterocycles. The van der Waals surface area contributed by atoms with Gasteiger partial charge in [-0.2, -0.15) is 13.2 Å². The van der Waals surface area contributed by atoms with Crippen molar-refractivity contribution in [2.75, 3.05) is 19.7 Å². The van der Waals surface area contributed by atoms with Gasteiger partial charge in [0.05, 0.1) is 34.9 Å². The number of benzene rings is 1. The molecule has 0 unspecified atom stereocenters. The van der Waals surface area contributed by atoms with E-state index in [0.717, 1.165) is 43.9 Å². The summed E-state index contributed by atoms with van der Waals surface area (Å²) in [6.45, 7) is 1.19. The standard InChI is InChI=1S/C16H17ClF3NO2/c17-13-4-3-11(16(18,19)20)9-12(13)14(22)21-7-8-23-15(10-21)5-1-2-6-15/h3-4,9H,1-2,5-8,10H2. The van der Waals surface area contributed by atoms with Crippen LogP contribution in [-0.4, -0.2) is 36.1 Å². The zero-order chi connectivity index (χ0) is 16.7. The number of hydrogen-bond donors (Lipinski definition) is 0. The maximum absolute atomic E-state index is 12.9. The molecular weight excluding hydrogens is 331 g/mol. The molecule has 1 amide bonds. The molecule has 1 saturated heterocycles. The Labute approximate surface area is 137 Å². The number of rotatable bonds is 1. The summed E-state index contributed by atoms with van der Waals surface area (Å²) < 4.78 is 44.4. The van der Waals surface area contributed by atoms with E-state index in [1.54, 1.807) is 4.90 Å². The summed E-state index contributed by atoms with van der Waals surface area (Å²) in [7, 11) is 0. The van der Waals surface area contributed by atoms with Gasteiger partial charge in [-0.3, -0.25) is 4.79 Å². The van der Waals surface area contributed by atoms with Crippen molar-refractivity contribution in [2.45, 2.75) is 37.5 Å². The van der Waals surface area contributed by atoms with Crippen LogP contribution in [0.25, 0.3) is 0 Å². The van der Waals surface area contributed by atoms with E-state index < -0.39 is 17.6 Å². The molecule has 0 bridgehead atoms. The van der Waals surface area contributed by atoms with E-state index in [-0.39, 0.29) is 16.2 Å². The summed E-state index contributed by atoms with van der Waals surface area (Å²) in [4.78, 5) is 14.2. The maximum atomic E-state index is 12.9. The van der Waals surface area contributed by atoms with Gasteiger partial charge in [-0.25, -0.2) is 0 Å². The Bertz CT molecular complexity index is 612. The summed E-state index contributed by atoms with van der Waals surface area (Å²) in [6.07, 6.45) is -0.643. The van der Waals surface area contributed by atoms with E-state index in [9.17, 15) is 18.0 Å². The van der Waals surface area contributed by atoms with Crippen LogP contribution in [0.5, 0.6) is 0 Å². The Balaban J connectivity index is 1.85. The lowest BCUT2D eigenvalue weighted by molar-refractivity contribution is -0.137. The molecule has 1 spiro atoms. The van der Waals surface area contributed by atoms with Crippen LogP contribution in [0.1, 0.15) is 41.6 Å². The van der Waals surface area contributed by atoms with E-state index in [4.69, 9.17) is 16.3 Å². The molecule has 23 heavy (non-hydrogen) atoms. The van der Waals surface area contributed by atoms with Crippen LogP contribution in [0.4, 0.5) is 13.2 Å². The van der Waals surface area contributed by atoms with Gasteiger partial charge < -0.3 is 9.64 Å². The van der Waals surface area contributed by atoms with Gasteiger partial charge in [0, 0.05) is 6.54 Å². The minimum Gasteiger partial charge on any atom is -0.371 e. The molecule has 0 N–H and O–H groups in total. The first-order valence-corrected chi connectivity index (χ1v) is 7.99. The predicted octanol–water partition coefficient (Wildman–Crippen LogP) is 4.14. The smallest absolute Gasteiger partial charge is 0.371 e. The van der Waals surface area contributed by atoms with Crippen LogP contribution in [0.3, 0.4) is 0 Å². The second-order valence-corrected chi connectivity index (χ2v) is 6.56. The largest absolute Gasteiger partial charge is 0.416 e. The van der Waals surface area contributed by atoms with Crippen LogP contribution in [0.2, 0.25) is 5.02 Å². The fraction of sp³-hybridized carbons (Fsp3) is 0.562. The molecule has 2 fully saturated rings. The fourth-order valence-corrected chi connectivity index (χ4v) is 3.57. The van der Waals surface area contributed by atoms with E-state index in [2.05, 4.69) is 0 Å². The molecule has 2 aliphatic rings. The number of alkyl halides is 3. The molecule has 3 rings (SSSR count). The summed E-state index contributed by atoms with van der Waals surface area (Å²) in [6, 6.07) is 2.85. The molecule has 1 aromatic carbocycles. The van der Waals surface area contributed by atoms with Crippen molar-refractivity contribution >= 4 is 17.5 Å². The first kappa shape index (κ1) is 16.6. The van der Waals surface area contributed by atoms with Crippen LogP contribution in [0, 0.1) is 0 Å². The lowest BCUT2D eigenvalue weighted by atomic mass is 9.99. The number of morpholine rings is 1. The number of ether oxygens (including phenoxy) is 1. The van der Waals surface area contributed by atoms with Crippen molar-refractivity contribution < 1.29 is 22.7 Å². The minimum atomic E-state index is -4.50. The van der Waals surface area contributed by atoms with Crippen molar-refractivity contribution in [3.63, 3.8) is 0 Å². The van der Waals surface area contributed by atoms with Crippen LogP contribution in [0.15, 0.2) is 18.2 Å². The highest BCUT2D eigenvalue weighted by Crippen LogP contribution is 2.37. The molecule has 0 atom stereocenters. The lowest BCUT2D eigenvalue weighted by Gasteiger charge is -2.40. The highest BCUT2D eigenvalue weighted by Gasteiger charge is 2.41. The first-order valence-electron chi connectivity index (χ1n) is 7.61. The van der Waals surface area contributed by atoms with Crippen LogP contribution >= 0.6 is 11.6 Å². The monoisotopic (exact) mass is 347 g/mol. The van der Waals surface area contributed by atoms with Gasteiger partial charge in [-0.05, 0) is 31.0 Å². The summed E-state index contributed by atoms with van der Waals surface area (Å²) in [5.41, 5.74) is -1.30. The lowest BCUT2D eigenvalue weighted by Crippen LogP contribution is -2.52. The van der Waals surface area contributed by atoms with Gasteiger partial charge in [0.1, 0.15) is 0 Å². The van der Waals surface area contributed by atoms with E-state index in [1.165, 1.54) is 0 Å². The van der Waals surface area contributed by atoms with E-state index in [1.807, 2.05) is 0 Å². The van der Waals surface area contributed by atoms with Crippen molar-refractivity contribution in [2.24, 2.45) is 0 Å². The van der Waals surface area contributed by atoms with Gasteiger partial charge >= 0.3 is 6.18 Å². The van der Waals surface area contributed by atoms with Gasteiger partial charge in [0.2, 0.25) is 0 Å². The minimum absolute atomic E-state index is 0.0370. The van der Waals surface area contributed by atoms with Gasteiger partial charge in [-0.15, -0.1) is 0 Å². The molecule has 1 saturated carbocycles. The third-order valence-electron chi connectivity index (χ3n) is 4.57. The molecular formula is C16H17ClF3NO2.